The van der Waals surface area contributed by atoms with E-state index in [0.29, 0.717) is 0 Å². The summed E-state index contributed by atoms with van der Waals surface area (Å²) in [5.74, 6) is 0. The summed E-state index contributed by atoms with van der Waals surface area (Å²) in [6.07, 6.45) is 2.16. The zero-order valence-corrected chi connectivity index (χ0v) is 6.58. The second-order valence-corrected chi connectivity index (χ2v) is 3.09. The molecule has 1 aromatic heterocycles. The van der Waals surface area contributed by atoms with E-state index in [9.17, 15) is 8.78 Å². The Hall–Kier alpha value is -0.930. The predicted molar refractivity (Wildman–Crippen MR) is 40.1 cm³/mol. The zero-order valence-electron chi connectivity index (χ0n) is 6.58. The molecule has 1 saturated carbocycles. The van der Waals surface area contributed by atoms with Gasteiger partial charge in [-0.3, -0.25) is 4.68 Å². The van der Waals surface area contributed by atoms with Gasteiger partial charge in [0.05, 0.1) is 6.04 Å². The van der Waals surface area contributed by atoms with E-state index in [1.165, 1.54) is 16.9 Å². The summed E-state index contributed by atoms with van der Waals surface area (Å²) in [5, 5.41) is 3.90. The van der Waals surface area contributed by atoms with Crippen molar-refractivity contribution in [2.45, 2.75) is 31.7 Å². The summed E-state index contributed by atoms with van der Waals surface area (Å²) in [4.78, 5) is 0. The van der Waals surface area contributed by atoms with E-state index < -0.39 is 6.43 Å². The van der Waals surface area contributed by atoms with Crippen molar-refractivity contribution in [2.75, 3.05) is 0 Å². The summed E-state index contributed by atoms with van der Waals surface area (Å²) in [5.41, 5.74) is 0.0553. The smallest absolute Gasteiger partial charge is 0.261 e. The molecule has 2 nitrogen and oxygen atoms in total. The van der Waals surface area contributed by atoms with Crippen LogP contribution in [0.25, 0.3) is 0 Å². The van der Waals surface area contributed by atoms with Crippen molar-refractivity contribution in [1.29, 1.82) is 0 Å². The van der Waals surface area contributed by atoms with Gasteiger partial charge in [-0.15, -0.1) is 0 Å². The molecule has 0 aliphatic heterocycles. The van der Waals surface area contributed by atoms with Gasteiger partial charge in [0.25, 0.3) is 6.43 Å². The first-order valence-corrected chi connectivity index (χ1v) is 4.10. The fraction of sp³-hybridized carbons (Fsp3) is 0.625. The van der Waals surface area contributed by atoms with Crippen molar-refractivity contribution in [3.05, 3.63) is 18.0 Å². The first-order valence-electron chi connectivity index (χ1n) is 4.10. The third-order valence-electron chi connectivity index (χ3n) is 2.35. The lowest BCUT2D eigenvalue weighted by atomic mass is 9.93. The van der Waals surface area contributed by atoms with Crippen LogP contribution in [0.3, 0.4) is 0 Å². The molecule has 0 amide bonds. The second-order valence-electron chi connectivity index (χ2n) is 3.09. The molecule has 1 aliphatic rings. The molecule has 0 atom stereocenters. The standard InChI is InChI=1S/C8H10F2N2/c9-8(10)7-4-5-11-12(7)6-2-1-3-6/h4-6,8H,1-3H2. The normalized spacial score (nSPS) is 18.2. The molecule has 0 bridgehead atoms. The Morgan fingerprint density at radius 1 is 1.50 bits per heavy atom. The molecule has 1 aromatic rings. The van der Waals surface area contributed by atoms with Gasteiger partial charge in [0.15, 0.2) is 0 Å². The van der Waals surface area contributed by atoms with Crippen molar-refractivity contribution in [2.24, 2.45) is 0 Å². The van der Waals surface area contributed by atoms with Gasteiger partial charge in [0, 0.05) is 6.20 Å². The summed E-state index contributed by atoms with van der Waals surface area (Å²) >= 11 is 0. The van der Waals surface area contributed by atoms with Crippen LogP contribution in [-0.2, 0) is 0 Å². The molecule has 4 heteroatoms. The van der Waals surface area contributed by atoms with Gasteiger partial charge in [-0.2, -0.15) is 5.10 Å². The molecule has 0 aromatic carbocycles. The van der Waals surface area contributed by atoms with E-state index in [0.717, 1.165) is 19.3 Å². The van der Waals surface area contributed by atoms with Crippen molar-refractivity contribution in [3.8, 4) is 0 Å². The Balaban J connectivity index is 2.23. The number of hydrogen-bond acceptors (Lipinski definition) is 1. The minimum atomic E-state index is -2.40. The molecule has 2 rings (SSSR count). The molecule has 0 radical (unpaired) electrons. The third kappa shape index (κ3) is 1.11. The summed E-state index contributed by atoms with van der Waals surface area (Å²) < 4.78 is 26.1. The van der Waals surface area contributed by atoms with Gasteiger partial charge >= 0.3 is 0 Å². The molecule has 0 spiro atoms. The Morgan fingerprint density at radius 2 is 2.25 bits per heavy atom. The first-order chi connectivity index (χ1) is 5.79. The summed E-state index contributed by atoms with van der Waals surface area (Å²) in [7, 11) is 0. The average molecular weight is 172 g/mol. The van der Waals surface area contributed by atoms with Crippen molar-refractivity contribution in [3.63, 3.8) is 0 Å². The minimum absolute atomic E-state index is 0.0553. The Labute approximate surface area is 69.2 Å². The SMILES string of the molecule is FC(F)c1ccnn1C1CCC1. The number of aromatic nitrogens is 2. The van der Waals surface area contributed by atoms with E-state index >= 15 is 0 Å². The predicted octanol–water partition coefficient (Wildman–Crippen LogP) is 2.55. The van der Waals surface area contributed by atoms with Crippen LogP contribution >= 0.6 is 0 Å². The maximum absolute atomic E-state index is 12.3. The molecule has 0 unspecified atom stereocenters. The molecule has 0 saturated heterocycles. The molecule has 1 fully saturated rings. The van der Waals surface area contributed by atoms with E-state index in [1.54, 1.807) is 0 Å². The Bertz CT molecular complexity index is 266. The van der Waals surface area contributed by atoms with E-state index in [-0.39, 0.29) is 11.7 Å². The Morgan fingerprint density at radius 3 is 2.75 bits per heavy atom. The molecular weight excluding hydrogens is 162 g/mol. The van der Waals surface area contributed by atoms with Crippen LogP contribution in [0.1, 0.15) is 37.4 Å². The lowest BCUT2D eigenvalue weighted by Crippen LogP contribution is -2.20. The van der Waals surface area contributed by atoms with Crippen LogP contribution in [0.2, 0.25) is 0 Å². The van der Waals surface area contributed by atoms with E-state index in [2.05, 4.69) is 5.10 Å². The topological polar surface area (TPSA) is 17.8 Å². The summed E-state index contributed by atoms with van der Waals surface area (Å²) in [6, 6.07) is 1.62. The van der Waals surface area contributed by atoms with Crippen LogP contribution in [0, 0.1) is 0 Å². The van der Waals surface area contributed by atoms with Gasteiger partial charge in [-0.25, -0.2) is 8.78 Å². The van der Waals surface area contributed by atoms with Gasteiger partial charge in [0.2, 0.25) is 0 Å². The number of rotatable bonds is 2. The highest BCUT2D eigenvalue weighted by Crippen LogP contribution is 2.33. The zero-order chi connectivity index (χ0) is 8.55. The first kappa shape index (κ1) is 7.71. The largest absolute Gasteiger partial charge is 0.280 e. The van der Waals surface area contributed by atoms with Crippen LogP contribution in [0.15, 0.2) is 12.3 Å². The monoisotopic (exact) mass is 172 g/mol. The number of halogens is 2. The highest BCUT2D eigenvalue weighted by molar-refractivity contribution is 5.04. The molecule has 12 heavy (non-hydrogen) atoms. The van der Waals surface area contributed by atoms with Crippen LogP contribution < -0.4 is 0 Å². The van der Waals surface area contributed by atoms with Crippen LogP contribution in [0.4, 0.5) is 8.78 Å². The van der Waals surface area contributed by atoms with E-state index in [1.807, 2.05) is 0 Å². The quantitative estimate of drug-likeness (QED) is 0.670. The maximum Gasteiger partial charge on any atom is 0.280 e. The maximum atomic E-state index is 12.3. The fourth-order valence-electron chi connectivity index (χ4n) is 1.43. The second kappa shape index (κ2) is 2.84. The Kier molecular flexibility index (Phi) is 1.83. The van der Waals surface area contributed by atoms with Crippen molar-refractivity contribution in [1.82, 2.24) is 9.78 Å². The summed E-state index contributed by atoms with van der Waals surface area (Å²) in [6.45, 7) is 0. The van der Waals surface area contributed by atoms with Gasteiger partial charge in [-0.05, 0) is 25.3 Å². The lowest BCUT2D eigenvalue weighted by Gasteiger charge is -2.27. The molecule has 1 aliphatic carbocycles. The third-order valence-corrected chi connectivity index (χ3v) is 2.35. The highest BCUT2D eigenvalue weighted by atomic mass is 19.3. The van der Waals surface area contributed by atoms with Crippen molar-refractivity contribution < 1.29 is 8.78 Å². The minimum Gasteiger partial charge on any atom is -0.261 e. The number of alkyl halides is 2. The van der Waals surface area contributed by atoms with Gasteiger partial charge in [-0.1, -0.05) is 0 Å². The average Bonchev–Trinajstić information content (AvgIpc) is 2.31. The molecule has 66 valence electrons. The number of hydrogen-bond donors (Lipinski definition) is 0. The number of nitrogens with zero attached hydrogens (tertiary/aromatic N) is 2. The lowest BCUT2D eigenvalue weighted by molar-refractivity contribution is 0.129. The van der Waals surface area contributed by atoms with Crippen molar-refractivity contribution >= 4 is 0 Å². The molecule has 0 N–H and O–H groups in total. The fourth-order valence-corrected chi connectivity index (χ4v) is 1.43. The molecule has 1 heterocycles. The van der Waals surface area contributed by atoms with E-state index in [4.69, 9.17) is 0 Å². The van der Waals surface area contributed by atoms with Crippen LogP contribution in [-0.4, -0.2) is 9.78 Å². The van der Waals surface area contributed by atoms with Gasteiger partial charge < -0.3 is 0 Å². The molecular formula is C8H10F2N2. The van der Waals surface area contributed by atoms with Gasteiger partial charge in [0.1, 0.15) is 5.69 Å². The highest BCUT2D eigenvalue weighted by Gasteiger charge is 2.24. The van der Waals surface area contributed by atoms with Crippen LogP contribution in [0.5, 0.6) is 0 Å².